The Morgan fingerprint density at radius 2 is 2.12 bits per heavy atom. The minimum Gasteiger partial charge on any atom is -0.457 e. The van der Waals surface area contributed by atoms with Crippen LogP contribution in [-0.2, 0) is 19.1 Å². The predicted octanol–water partition coefficient (Wildman–Crippen LogP) is 2.28. The molecule has 0 aromatic rings. The fraction of sp³-hybridized carbons (Fsp3) is 0.684. The molecule has 0 aliphatic carbocycles. The SMILES string of the molecule is C=C(C)C1OC(=O)CC(O)CCC(C)(O)C(OC(=O)CC)/C=C/C1C. The second-order valence-corrected chi connectivity index (χ2v) is 7.02. The molecule has 5 unspecified atom stereocenters. The van der Waals surface area contributed by atoms with E-state index in [1.807, 2.05) is 6.92 Å². The summed E-state index contributed by atoms with van der Waals surface area (Å²) in [4.78, 5) is 23.7. The fourth-order valence-electron chi connectivity index (χ4n) is 2.72. The highest BCUT2D eigenvalue weighted by molar-refractivity contribution is 5.70. The van der Waals surface area contributed by atoms with E-state index in [0.717, 1.165) is 0 Å². The van der Waals surface area contributed by atoms with Gasteiger partial charge in [-0.05, 0) is 38.3 Å². The van der Waals surface area contributed by atoms with Crippen LogP contribution < -0.4 is 0 Å². The zero-order chi connectivity index (χ0) is 19.2. The largest absolute Gasteiger partial charge is 0.457 e. The van der Waals surface area contributed by atoms with Crippen molar-refractivity contribution >= 4 is 11.9 Å². The van der Waals surface area contributed by atoms with E-state index in [-0.39, 0.29) is 31.6 Å². The maximum atomic E-state index is 12.0. The number of hydrogen-bond acceptors (Lipinski definition) is 6. The number of hydrogen-bond donors (Lipinski definition) is 2. The van der Waals surface area contributed by atoms with Gasteiger partial charge in [0.05, 0.1) is 12.5 Å². The number of carbonyl (C=O) groups excluding carboxylic acids is 2. The van der Waals surface area contributed by atoms with Crippen LogP contribution >= 0.6 is 0 Å². The third-order valence-corrected chi connectivity index (χ3v) is 4.36. The first-order chi connectivity index (χ1) is 11.6. The first-order valence-corrected chi connectivity index (χ1v) is 8.70. The molecule has 6 heteroatoms. The fourth-order valence-corrected chi connectivity index (χ4v) is 2.72. The van der Waals surface area contributed by atoms with E-state index in [1.165, 1.54) is 0 Å². The molecule has 0 saturated heterocycles. The molecule has 25 heavy (non-hydrogen) atoms. The van der Waals surface area contributed by atoms with Gasteiger partial charge < -0.3 is 19.7 Å². The molecule has 1 aliphatic heterocycles. The van der Waals surface area contributed by atoms with E-state index in [0.29, 0.717) is 5.57 Å². The summed E-state index contributed by atoms with van der Waals surface area (Å²) in [6.45, 7) is 10.7. The third kappa shape index (κ3) is 6.63. The molecule has 0 spiro atoms. The highest BCUT2D eigenvalue weighted by Gasteiger charge is 2.35. The lowest BCUT2D eigenvalue weighted by Crippen LogP contribution is -2.42. The summed E-state index contributed by atoms with van der Waals surface area (Å²) >= 11 is 0. The van der Waals surface area contributed by atoms with Crippen molar-refractivity contribution in [2.75, 3.05) is 0 Å². The maximum Gasteiger partial charge on any atom is 0.309 e. The molecule has 142 valence electrons. The molecular formula is C19H30O6. The standard InChI is InChI=1S/C19H30O6/c1-6-16(21)24-15-8-7-13(4)18(12(2)3)25-17(22)11-14(20)9-10-19(15,5)23/h7-8,13-15,18,20,23H,2,6,9-11H2,1,3-5H3/b8-7+. The van der Waals surface area contributed by atoms with E-state index in [4.69, 9.17) is 9.47 Å². The number of rotatable bonds is 3. The van der Waals surface area contributed by atoms with Crippen molar-refractivity contribution in [3.05, 3.63) is 24.3 Å². The molecule has 2 N–H and O–H groups in total. The zero-order valence-electron chi connectivity index (χ0n) is 15.5. The minimum absolute atomic E-state index is 0.157. The molecule has 0 saturated carbocycles. The highest BCUT2D eigenvalue weighted by Crippen LogP contribution is 2.26. The number of cyclic esters (lactones) is 1. The topological polar surface area (TPSA) is 93.1 Å². The number of aliphatic hydroxyl groups excluding tert-OH is 1. The number of aliphatic hydroxyl groups is 2. The Morgan fingerprint density at radius 3 is 2.68 bits per heavy atom. The number of ether oxygens (including phenoxy) is 2. The average molecular weight is 354 g/mol. The van der Waals surface area contributed by atoms with Crippen LogP contribution in [0.15, 0.2) is 24.3 Å². The summed E-state index contributed by atoms with van der Waals surface area (Å²) < 4.78 is 10.8. The summed E-state index contributed by atoms with van der Waals surface area (Å²) in [5.41, 5.74) is -0.685. The van der Waals surface area contributed by atoms with Gasteiger partial charge in [-0.3, -0.25) is 9.59 Å². The van der Waals surface area contributed by atoms with Crippen LogP contribution in [-0.4, -0.2) is 46.1 Å². The normalized spacial score (nSPS) is 35.7. The summed E-state index contributed by atoms with van der Waals surface area (Å²) in [6.07, 6.45) is 1.43. The van der Waals surface area contributed by atoms with E-state index in [1.54, 1.807) is 32.9 Å². The van der Waals surface area contributed by atoms with Crippen molar-refractivity contribution < 1.29 is 29.3 Å². The second kappa shape index (κ2) is 9.15. The molecule has 1 heterocycles. The summed E-state index contributed by atoms with van der Waals surface area (Å²) in [7, 11) is 0. The smallest absolute Gasteiger partial charge is 0.309 e. The summed E-state index contributed by atoms with van der Waals surface area (Å²) in [5.74, 6) is -1.15. The molecule has 1 aliphatic rings. The van der Waals surface area contributed by atoms with Crippen molar-refractivity contribution in [3.8, 4) is 0 Å². The summed E-state index contributed by atoms with van der Waals surface area (Å²) in [6, 6.07) is 0. The maximum absolute atomic E-state index is 12.0. The van der Waals surface area contributed by atoms with E-state index in [2.05, 4.69) is 6.58 Å². The third-order valence-electron chi connectivity index (χ3n) is 4.36. The van der Waals surface area contributed by atoms with E-state index in [9.17, 15) is 19.8 Å². The number of carbonyl (C=O) groups is 2. The van der Waals surface area contributed by atoms with Gasteiger partial charge >= 0.3 is 11.9 Å². The van der Waals surface area contributed by atoms with Crippen molar-refractivity contribution in [1.29, 1.82) is 0 Å². The first kappa shape index (κ1) is 21.4. The van der Waals surface area contributed by atoms with Crippen LogP contribution in [0, 0.1) is 5.92 Å². The van der Waals surface area contributed by atoms with Crippen LogP contribution in [0.2, 0.25) is 0 Å². The average Bonchev–Trinajstić information content (AvgIpc) is 2.52. The van der Waals surface area contributed by atoms with Gasteiger partial charge in [0, 0.05) is 12.3 Å². The van der Waals surface area contributed by atoms with Gasteiger partial charge in [-0.2, -0.15) is 0 Å². The molecule has 1 rings (SSSR count). The monoisotopic (exact) mass is 354 g/mol. The Kier molecular flexibility index (Phi) is 7.83. The van der Waals surface area contributed by atoms with E-state index >= 15 is 0 Å². The van der Waals surface area contributed by atoms with Crippen molar-refractivity contribution in [2.24, 2.45) is 5.92 Å². The molecular weight excluding hydrogens is 324 g/mol. The van der Waals surface area contributed by atoms with Gasteiger partial charge in [-0.25, -0.2) is 0 Å². The van der Waals surface area contributed by atoms with Crippen LogP contribution in [0.5, 0.6) is 0 Å². The second-order valence-electron chi connectivity index (χ2n) is 7.02. The van der Waals surface area contributed by atoms with Gasteiger partial charge in [-0.15, -0.1) is 0 Å². The molecule has 0 aromatic carbocycles. The lowest BCUT2D eigenvalue weighted by molar-refractivity contribution is -0.159. The van der Waals surface area contributed by atoms with Gasteiger partial charge in [0.15, 0.2) is 0 Å². The Balaban J connectivity index is 3.15. The molecule has 0 radical (unpaired) electrons. The lowest BCUT2D eigenvalue weighted by Gasteiger charge is -2.32. The van der Waals surface area contributed by atoms with Crippen LogP contribution in [0.4, 0.5) is 0 Å². The van der Waals surface area contributed by atoms with Gasteiger partial charge in [-0.1, -0.05) is 26.5 Å². The Labute approximate surface area is 149 Å². The van der Waals surface area contributed by atoms with Crippen LogP contribution in [0.1, 0.15) is 53.4 Å². The van der Waals surface area contributed by atoms with Gasteiger partial charge in [0.1, 0.15) is 17.8 Å². The quantitative estimate of drug-likeness (QED) is 0.597. The van der Waals surface area contributed by atoms with E-state index < -0.39 is 35.9 Å². The Bertz CT molecular complexity index is 522. The molecule has 0 amide bonds. The Hall–Kier alpha value is -1.66. The Morgan fingerprint density at radius 1 is 1.48 bits per heavy atom. The minimum atomic E-state index is -1.36. The van der Waals surface area contributed by atoms with Crippen molar-refractivity contribution in [2.45, 2.75) is 77.3 Å². The molecule has 0 fully saturated rings. The molecule has 0 aromatic heterocycles. The predicted molar refractivity (Wildman–Crippen MR) is 93.7 cm³/mol. The van der Waals surface area contributed by atoms with Crippen molar-refractivity contribution in [1.82, 2.24) is 0 Å². The van der Waals surface area contributed by atoms with Gasteiger partial charge in [0.25, 0.3) is 0 Å². The van der Waals surface area contributed by atoms with Crippen molar-refractivity contribution in [3.63, 3.8) is 0 Å². The highest BCUT2D eigenvalue weighted by atomic mass is 16.6. The zero-order valence-corrected chi connectivity index (χ0v) is 15.5. The molecule has 5 atom stereocenters. The van der Waals surface area contributed by atoms with Gasteiger partial charge in [0.2, 0.25) is 0 Å². The summed E-state index contributed by atoms with van der Waals surface area (Å²) in [5, 5.41) is 20.8. The van der Waals surface area contributed by atoms with Crippen LogP contribution in [0.25, 0.3) is 0 Å². The first-order valence-electron chi connectivity index (χ1n) is 8.70. The molecule has 0 bridgehead atoms. The lowest BCUT2D eigenvalue weighted by atomic mass is 9.89. The van der Waals surface area contributed by atoms with Crippen LogP contribution in [0.3, 0.4) is 0 Å². The number of esters is 2. The molecule has 6 nitrogen and oxygen atoms in total.